The molecule has 0 aromatic heterocycles. The first-order valence-corrected chi connectivity index (χ1v) is 10.2. The average Bonchev–Trinajstić information content (AvgIpc) is 2.75. The quantitative estimate of drug-likeness (QED) is 0.500. The summed E-state index contributed by atoms with van der Waals surface area (Å²) in [6.07, 6.45) is 0. The minimum absolute atomic E-state index is 0.0393. The van der Waals surface area contributed by atoms with Crippen molar-refractivity contribution in [2.75, 3.05) is 20.3 Å². The Kier molecular flexibility index (Phi) is 6.50. The summed E-state index contributed by atoms with van der Waals surface area (Å²) in [5.74, 6) is 5.64. The molecule has 29 heavy (non-hydrogen) atoms. The summed E-state index contributed by atoms with van der Waals surface area (Å²) in [5.41, 5.74) is 0.636. The number of ether oxygens (including phenoxy) is 2. The molecule has 0 aliphatic rings. The van der Waals surface area contributed by atoms with Crippen LogP contribution in [0.3, 0.4) is 0 Å². The predicted molar refractivity (Wildman–Crippen MR) is 110 cm³/mol. The Morgan fingerprint density at radius 2 is 1.79 bits per heavy atom. The van der Waals surface area contributed by atoms with Gasteiger partial charge in [-0.25, -0.2) is 13.2 Å². The largest absolute Gasteiger partial charge is 0.482 e. The van der Waals surface area contributed by atoms with E-state index < -0.39 is 16.0 Å². The van der Waals surface area contributed by atoms with E-state index in [1.807, 2.05) is 24.3 Å². The van der Waals surface area contributed by atoms with Gasteiger partial charge in [-0.3, -0.25) is 0 Å². The average molecular weight is 409 g/mol. The second kappa shape index (κ2) is 9.24. The van der Waals surface area contributed by atoms with Crippen molar-refractivity contribution in [1.29, 1.82) is 0 Å². The van der Waals surface area contributed by atoms with Crippen LogP contribution in [0.25, 0.3) is 10.8 Å². The molecule has 3 rings (SSSR count). The molecule has 0 heterocycles. The third-order valence-electron chi connectivity index (χ3n) is 4.03. The number of hydrogen-bond acceptors (Lipinski definition) is 5. The maximum atomic E-state index is 12.5. The molecular weight excluding hydrogens is 390 g/mol. The molecule has 0 fully saturated rings. The number of carbonyl (C=O) groups excluding carboxylic acids is 1. The molecule has 3 aromatic carbocycles. The van der Waals surface area contributed by atoms with Crippen molar-refractivity contribution >= 4 is 26.8 Å². The fourth-order valence-corrected chi connectivity index (χ4v) is 3.52. The first kappa shape index (κ1) is 20.4. The lowest BCUT2D eigenvalue weighted by Gasteiger charge is -2.05. The smallest absolute Gasteiger partial charge is 0.343 e. The normalized spacial score (nSPS) is 10.8. The molecule has 0 saturated heterocycles. The summed E-state index contributed by atoms with van der Waals surface area (Å²) in [6.45, 7) is -0.235. The molecule has 148 valence electrons. The summed E-state index contributed by atoms with van der Waals surface area (Å²) in [7, 11) is -2.38. The highest BCUT2D eigenvalue weighted by molar-refractivity contribution is 7.89. The molecule has 0 saturated carbocycles. The zero-order chi connectivity index (χ0) is 20.7. The molecule has 0 unspecified atom stereocenters. The van der Waals surface area contributed by atoms with E-state index in [9.17, 15) is 13.2 Å². The van der Waals surface area contributed by atoms with Crippen LogP contribution >= 0.6 is 0 Å². The summed E-state index contributed by atoms with van der Waals surface area (Å²) in [4.78, 5) is 11.3. The topological polar surface area (TPSA) is 81.7 Å². The number of benzene rings is 3. The van der Waals surface area contributed by atoms with Crippen LogP contribution in [-0.4, -0.2) is 34.6 Å². The fraction of sp³-hybridized carbons (Fsp3) is 0.136. The predicted octanol–water partition coefficient (Wildman–Crippen LogP) is 2.72. The number of methoxy groups -OCH3 is 1. The van der Waals surface area contributed by atoms with Crippen LogP contribution in [0.1, 0.15) is 5.56 Å². The van der Waals surface area contributed by atoms with Crippen LogP contribution in [0.2, 0.25) is 0 Å². The molecule has 0 atom stereocenters. The Hall–Kier alpha value is -3.34. The van der Waals surface area contributed by atoms with Gasteiger partial charge < -0.3 is 9.47 Å². The van der Waals surface area contributed by atoms with Crippen LogP contribution in [-0.2, 0) is 19.6 Å². The highest BCUT2D eigenvalue weighted by Crippen LogP contribution is 2.18. The molecule has 3 aromatic rings. The van der Waals surface area contributed by atoms with Crippen molar-refractivity contribution in [3.05, 3.63) is 72.3 Å². The number of rotatable bonds is 6. The lowest BCUT2D eigenvalue weighted by atomic mass is 10.1. The van der Waals surface area contributed by atoms with Gasteiger partial charge in [0, 0.05) is 5.56 Å². The fourth-order valence-electron chi connectivity index (χ4n) is 2.56. The maximum Gasteiger partial charge on any atom is 0.343 e. The number of carbonyl (C=O) groups is 1. The zero-order valence-electron chi connectivity index (χ0n) is 15.7. The van der Waals surface area contributed by atoms with Gasteiger partial charge in [0.2, 0.25) is 10.0 Å². The Morgan fingerprint density at radius 3 is 2.59 bits per heavy atom. The summed E-state index contributed by atoms with van der Waals surface area (Å²) in [6, 6.07) is 19.4. The van der Waals surface area contributed by atoms with Crippen LogP contribution in [0.5, 0.6) is 5.75 Å². The van der Waals surface area contributed by atoms with E-state index in [-0.39, 0.29) is 18.0 Å². The molecule has 0 radical (unpaired) electrons. The minimum Gasteiger partial charge on any atom is -0.482 e. The number of fused-ring (bicyclic) bond motifs is 1. The van der Waals surface area contributed by atoms with E-state index in [0.29, 0.717) is 11.3 Å². The first-order valence-electron chi connectivity index (χ1n) is 8.75. The Balaban J connectivity index is 1.63. The van der Waals surface area contributed by atoms with Crippen molar-refractivity contribution in [2.24, 2.45) is 0 Å². The third kappa shape index (κ3) is 5.57. The van der Waals surface area contributed by atoms with Crippen LogP contribution in [0.15, 0.2) is 71.6 Å². The maximum absolute atomic E-state index is 12.5. The Labute approximate surface area is 169 Å². The van der Waals surface area contributed by atoms with Crippen molar-refractivity contribution in [3.63, 3.8) is 0 Å². The molecule has 0 aliphatic heterocycles. The van der Waals surface area contributed by atoms with E-state index in [4.69, 9.17) is 4.74 Å². The molecule has 0 spiro atoms. The van der Waals surface area contributed by atoms with E-state index in [1.165, 1.54) is 7.11 Å². The molecular formula is C22H19NO5S. The third-order valence-corrected chi connectivity index (χ3v) is 5.43. The van der Waals surface area contributed by atoms with Gasteiger partial charge >= 0.3 is 5.97 Å². The van der Waals surface area contributed by atoms with Gasteiger partial charge in [-0.2, -0.15) is 4.72 Å². The summed E-state index contributed by atoms with van der Waals surface area (Å²) < 4.78 is 37.2. The van der Waals surface area contributed by atoms with E-state index in [1.54, 1.807) is 42.5 Å². The van der Waals surface area contributed by atoms with Crippen molar-refractivity contribution < 1.29 is 22.7 Å². The van der Waals surface area contributed by atoms with Crippen molar-refractivity contribution in [2.45, 2.75) is 4.90 Å². The monoisotopic (exact) mass is 409 g/mol. The first-order chi connectivity index (χ1) is 14.0. The van der Waals surface area contributed by atoms with Gasteiger partial charge in [-0.05, 0) is 41.1 Å². The number of sulfonamides is 1. The van der Waals surface area contributed by atoms with Crippen LogP contribution < -0.4 is 9.46 Å². The molecule has 0 amide bonds. The van der Waals surface area contributed by atoms with Crippen LogP contribution in [0.4, 0.5) is 0 Å². The summed E-state index contributed by atoms with van der Waals surface area (Å²) in [5, 5.41) is 1.82. The van der Waals surface area contributed by atoms with E-state index in [0.717, 1.165) is 10.8 Å². The van der Waals surface area contributed by atoms with Gasteiger partial charge in [0.1, 0.15) is 5.75 Å². The summed E-state index contributed by atoms with van der Waals surface area (Å²) >= 11 is 0. The Morgan fingerprint density at radius 1 is 1.00 bits per heavy atom. The molecule has 6 nitrogen and oxygen atoms in total. The van der Waals surface area contributed by atoms with Gasteiger partial charge in [-0.15, -0.1) is 0 Å². The van der Waals surface area contributed by atoms with Gasteiger partial charge in [0.05, 0.1) is 18.6 Å². The highest BCUT2D eigenvalue weighted by atomic mass is 32.2. The molecule has 1 N–H and O–H groups in total. The van der Waals surface area contributed by atoms with E-state index in [2.05, 4.69) is 21.3 Å². The van der Waals surface area contributed by atoms with Crippen molar-refractivity contribution in [1.82, 2.24) is 4.72 Å². The van der Waals surface area contributed by atoms with Gasteiger partial charge in [-0.1, -0.05) is 48.2 Å². The SMILES string of the molecule is COC(=O)COc1cccc(C#CCNS(=O)(=O)c2ccc3ccccc3c2)c1. The standard InChI is InChI=1S/C22H19NO5S/c1-27-22(24)16-28-20-10-4-6-17(14-20)7-5-13-23-29(25,26)21-12-11-18-8-2-3-9-19(18)15-21/h2-4,6,8-12,14-15,23H,13,16H2,1H3. The minimum atomic E-state index is -3.66. The second-order valence-electron chi connectivity index (χ2n) is 6.03. The lowest BCUT2D eigenvalue weighted by molar-refractivity contribution is -0.142. The number of esters is 1. The van der Waals surface area contributed by atoms with Crippen LogP contribution in [0, 0.1) is 11.8 Å². The molecule has 0 aliphatic carbocycles. The van der Waals surface area contributed by atoms with E-state index >= 15 is 0 Å². The highest BCUT2D eigenvalue weighted by Gasteiger charge is 2.13. The van der Waals surface area contributed by atoms with Crippen molar-refractivity contribution in [3.8, 4) is 17.6 Å². The Bertz CT molecular complexity index is 1190. The second-order valence-corrected chi connectivity index (χ2v) is 7.79. The lowest BCUT2D eigenvalue weighted by Crippen LogP contribution is -2.23. The number of nitrogens with one attached hydrogen (secondary N) is 1. The van der Waals surface area contributed by atoms with Gasteiger partial charge in [0.15, 0.2) is 6.61 Å². The molecule has 0 bridgehead atoms. The molecule has 7 heteroatoms. The van der Waals surface area contributed by atoms with Gasteiger partial charge in [0.25, 0.3) is 0 Å². The zero-order valence-corrected chi connectivity index (χ0v) is 16.5. The number of hydrogen-bond donors (Lipinski definition) is 1.